The van der Waals surface area contributed by atoms with Gasteiger partial charge in [0.15, 0.2) is 0 Å². The molecule has 0 atom stereocenters. The van der Waals surface area contributed by atoms with Crippen LogP contribution in [0.3, 0.4) is 0 Å². The van der Waals surface area contributed by atoms with Gasteiger partial charge in [-0.25, -0.2) is 3.63 Å². The van der Waals surface area contributed by atoms with Gasteiger partial charge in [-0.05, 0) is 71.3 Å². The third-order valence-electron chi connectivity index (χ3n) is 4.91. The molecule has 0 aliphatic heterocycles. The molecule has 32 heavy (non-hydrogen) atoms. The Kier molecular flexibility index (Phi) is 6.65. The summed E-state index contributed by atoms with van der Waals surface area (Å²) in [6.45, 7) is 1.95. The summed E-state index contributed by atoms with van der Waals surface area (Å²) in [5.41, 5.74) is 0.919. The van der Waals surface area contributed by atoms with E-state index in [9.17, 15) is 8.42 Å². The third kappa shape index (κ3) is 4.32. The number of rotatable bonds is 6. The molecule has 0 N–H and O–H groups in total. The highest BCUT2D eigenvalue weighted by molar-refractivity contribution is 8.33. The Bertz CT molecular complexity index is 1300. The zero-order valence-corrected chi connectivity index (χ0v) is 20.3. The predicted molar refractivity (Wildman–Crippen MR) is 131 cm³/mol. The molecule has 0 fully saturated rings. The van der Waals surface area contributed by atoms with E-state index >= 15 is 0 Å². The first kappa shape index (κ1) is 22.9. The van der Waals surface area contributed by atoms with Gasteiger partial charge < -0.3 is 0 Å². The lowest BCUT2D eigenvalue weighted by Crippen LogP contribution is -2.15. The van der Waals surface area contributed by atoms with Crippen molar-refractivity contribution in [2.24, 2.45) is 0 Å². The van der Waals surface area contributed by atoms with Gasteiger partial charge in [0.2, 0.25) is 0 Å². The van der Waals surface area contributed by atoms with Crippen molar-refractivity contribution >= 4 is 43.6 Å². The van der Waals surface area contributed by atoms with E-state index in [0.29, 0.717) is 0 Å². The smallest absolute Gasteiger partial charge is 0.203 e. The summed E-state index contributed by atoms with van der Waals surface area (Å²) in [5, 5.41) is 0.307. The first-order valence-corrected chi connectivity index (χ1v) is 13.5. The molecule has 0 aliphatic carbocycles. The molecule has 4 aromatic carbocycles. The number of benzene rings is 4. The van der Waals surface area contributed by atoms with Gasteiger partial charge in [-0.1, -0.05) is 77.8 Å². The predicted octanol–water partition coefficient (Wildman–Crippen LogP) is 7.90. The van der Waals surface area contributed by atoms with E-state index in [4.69, 9.17) is 26.8 Å². The Balaban J connectivity index is 2.06. The molecule has 4 rings (SSSR count). The average Bonchev–Trinajstić information content (AvgIpc) is 2.81. The highest BCUT2D eigenvalue weighted by Gasteiger charge is 2.39. The van der Waals surface area contributed by atoms with Gasteiger partial charge in [0.05, 0.1) is 5.02 Å². The fraction of sp³-hybridized carbons (Fsp3) is 0.0400. The summed E-state index contributed by atoms with van der Waals surface area (Å²) in [7, 11) is -7.00. The molecule has 0 unspecified atom stereocenters. The second-order valence-corrected chi connectivity index (χ2v) is 12.3. The van der Waals surface area contributed by atoms with Crippen molar-refractivity contribution in [1.82, 2.24) is 0 Å². The highest BCUT2D eigenvalue weighted by Crippen LogP contribution is 2.71. The maximum atomic E-state index is 13.7. The van der Waals surface area contributed by atoms with E-state index in [1.165, 1.54) is 12.1 Å². The van der Waals surface area contributed by atoms with Crippen LogP contribution >= 0.6 is 33.5 Å². The maximum Gasteiger partial charge on any atom is 0.308 e. The monoisotopic (exact) mass is 502 g/mol. The van der Waals surface area contributed by atoms with Crippen LogP contribution in [0.2, 0.25) is 10.0 Å². The number of hydrogen-bond donors (Lipinski definition) is 0. The van der Waals surface area contributed by atoms with Crippen molar-refractivity contribution < 1.29 is 12.0 Å². The molecule has 0 saturated carbocycles. The van der Waals surface area contributed by atoms with Gasteiger partial charge >= 0.3 is 10.1 Å². The fourth-order valence-corrected chi connectivity index (χ4v) is 9.61. The molecule has 0 radical (unpaired) electrons. The maximum absolute atomic E-state index is 13.7. The molecule has 3 nitrogen and oxygen atoms in total. The topological polar surface area (TPSA) is 43.4 Å². The third-order valence-corrected chi connectivity index (χ3v) is 10.9. The minimum absolute atomic E-state index is 0.0496. The summed E-state index contributed by atoms with van der Waals surface area (Å²) in [4.78, 5) is 2.13. The van der Waals surface area contributed by atoms with E-state index in [2.05, 4.69) is 0 Å². The number of halogens is 2. The molecule has 0 heterocycles. The molecule has 0 bridgehead atoms. The first-order chi connectivity index (χ1) is 15.3. The van der Waals surface area contributed by atoms with Crippen molar-refractivity contribution in [2.75, 3.05) is 0 Å². The molecular formula is C25H20Cl2O3S2. The zero-order valence-electron chi connectivity index (χ0n) is 17.1. The Labute approximate surface area is 200 Å². The second-order valence-electron chi connectivity index (χ2n) is 7.04. The van der Waals surface area contributed by atoms with Crippen molar-refractivity contribution in [3.63, 3.8) is 0 Å². The summed E-state index contributed by atoms with van der Waals surface area (Å²) >= 11 is 12.4. The first-order valence-electron chi connectivity index (χ1n) is 9.75. The molecule has 0 spiro atoms. The molecule has 0 amide bonds. The summed E-state index contributed by atoms with van der Waals surface area (Å²) in [6.07, 6.45) is 0. The van der Waals surface area contributed by atoms with Crippen LogP contribution in [-0.2, 0) is 13.7 Å². The number of hydrogen-bond acceptors (Lipinski definition) is 3. The minimum Gasteiger partial charge on any atom is -0.203 e. The average molecular weight is 503 g/mol. The SMILES string of the molecule is Cc1ccccc1S(OS(=O)(=O)c1cc(Cl)ccc1Cl)(c1ccccc1)c1ccccc1. The van der Waals surface area contributed by atoms with Gasteiger partial charge in [0.1, 0.15) is 4.90 Å². The Morgan fingerprint density at radius 1 is 0.656 bits per heavy atom. The fourth-order valence-electron chi connectivity index (χ4n) is 3.45. The van der Waals surface area contributed by atoms with Gasteiger partial charge in [0, 0.05) is 19.7 Å². The van der Waals surface area contributed by atoms with Crippen LogP contribution in [0.25, 0.3) is 0 Å². The molecule has 0 aliphatic rings. The van der Waals surface area contributed by atoms with Crippen LogP contribution < -0.4 is 0 Å². The van der Waals surface area contributed by atoms with Crippen molar-refractivity contribution in [1.29, 1.82) is 0 Å². The molecular weight excluding hydrogens is 483 g/mol. The number of aryl methyl sites for hydroxylation is 1. The lowest BCUT2D eigenvalue weighted by Gasteiger charge is -2.40. The minimum atomic E-state index is -4.31. The van der Waals surface area contributed by atoms with Crippen LogP contribution in [0.5, 0.6) is 0 Å². The van der Waals surface area contributed by atoms with Gasteiger partial charge in [0.25, 0.3) is 0 Å². The molecule has 7 heteroatoms. The summed E-state index contributed by atoms with van der Waals surface area (Å²) in [5.74, 6) is 0. The molecule has 0 saturated heterocycles. The van der Waals surface area contributed by atoms with Crippen LogP contribution in [0, 0.1) is 6.92 Å². The quantitative estimate of drug-likeness (QED) is 0.269. The Morgan fingerprint density at radius 3 is 1.75 bits per heavy atom. The molecule has 164 valence electrons. The van der Waals surface area contributed by atoms with Crippen molar-refractivity contribution in [3.8, 4) is 0 Å². The Hall–Kier alpha value is -2.28. The molecule has 0 aromatic heterocycles. The summed E-state index contributed by atoms with van der Waals surface area (Å²) < 4.78 is 33.7. The van der Waals surface area contributed by atoms with Gasteiger partial charge in [-0.15, -0.1) is 0 Å². The molecule has 4 aromatic rings. The van der Waals surface area contributed by atoms with E-state index in [1.807, 2.05) is 91.9 Å². The van der Waals surface area contributed by atoms with Crippen LogP contribution in [-0.4, -0.2) is 8.42 Å². The lowest BCUT2D eigenvalue weighted by atomic mass is 10.2. The van der Waals surface area contributed by atoms with Crippen LogP contribution in [0.15, 0.2) is 123 Å². The van der Waals surface area contributed by atoms with Crippen LogP contribution in [0.4, 0.5) is 0 Å². The highest BCUT2D eigenvalue weighted by atomic mass is 35.5. The normalized spacial score (nSPS) is 12.5. The summed E-state index contributed by atoms with van der Waals surface area (Å²) in [6, 6.07) is 30.8. The van der Waals surface area contributed by atoms with Crippen LogP contribution in [0.1, 0.15) is 5.56 Å². The van der Waals surface area contributed by atoms with E-state index in [0.717, 1.165) is 20.2 Å². The lowest BCUT2D eigenvalue weighted by molar-refractivity contribution is 0.508. The van der Waals surface area contributed by atoms with Gasteiger partial charge in [-0.2, -0.15) is 8.42 Å². The largest absolute Gasteiger partial charge is 0.308 e. The van der Waals surface area contributed by atoms with Crippen molar-refractivity contribution in [2.45, 2.75) is 26.5 Å². The zero-order chi connectivity index (χ0) is 22.8. The van der Waals surface area contributed by atoms with E-state index in [1.54, 1.807) is 6.07 Å². The van der Waals surface area contributed by atoms with Crippen molar-refractivity contribution in [3.05, 3.63) is 119 Å². The van der Waals surface area contributed by atoms with Gasteiger partial charge in [-0.3, -0.25) is 0 Å². The van der Waals surface area contributed by atoms with E-state index < -0.39 is 20.4 Å². The van der Waals surface area contributed by atoms with E-state index in [-0.39, 0.29) is 14.9 Å². The standard InChI is InChI=1S/C25H20Cl2O3S2/c1-19-10-8-9-15-24(19)31(21-11-4-2-5-12-21,22-13-6-3-7-14-22)30-32(28,29)25-18-20(26)16-17-23(25)27/h2-18H,1H3. The Morgan fingerprint density at radius 2 is 1.19 bits per heavy atom. The second kappa shape index (κ2) is 9.30.